The van der Waals surface area contributed by atoms with E-state index in [4.69, 9.17) is 39.6 Å². The molecule has 0 bridgehead atoms. The van der Waals surface area contributed by atoms with Gasteiger partial charge in [-0.25, -0.2) is 0 Å². The fraction of sp³-hybridized carbons (Fsp3) is 0.500. The smallest absolute Gasteiger partial charge is 0.0383 e. The van der Waals surface area contributed by atoms with Crippen LogP contribution < -0.4 is 20.4 Å². The molecule has 6 N–H and O–H groups in total. The van der Waals surface area contributed by atoms with Crippen molar-refractivity contribution >= 4 is 23.9 Å². The Morgan fingerprint density at radius 2 is 0.474 bits per heavy atom. The summed E-state index contributed by atoms with van der Waals surface area (Å²) in [5, 5.41) is 35.6. The average Bonchev–Trinajstić information content (AvgIpc) is 1.76. The van der Waals surface area contributed by atoms with Gasteiger partial charge in [0.15, 0.2) is 0 Å². The van der Waals surface area contributed by atoms with Crippen LogP contribution in [-0.2, 0) is 19.2 Å². The first-order chi connectivity index (χ1) is 6.93. The summed E-state index contributed by atoms with van der Waals surface area (Å²) in [5.74, 6) is -4.33. The van der Waals surface area contributed by atoms with Crippen molar-refractivity contribution in [3.05, 3.63) is 0 Å². The van der Waals surface area contributed by atoms with Gasteiger partial charge in [-0.2, -0.15) is 0 Å². The summed E-state index contributed by atoms with van der Waals surface area (Å²) < 4.78 is 0. The summed E-state index contributed by atoms with van der Waals surface area (Å²) >= 11 is 0. The summed E-state index contributed by atoms with van der Waals surface area (Å²) in [7, 11) is 0. The average molecular weight is 290 g/mol. The number of hydrogen-bond donors (Lipinski definition) is 0. The third kappa shape index (κ3) is 595. The Hall–Kier alpha value is -2.24. The minimum atomic E-state index is -1.08. The first-order valence-electron chi connectivity index (χ1n) is 3.63. The lowest BCUT2D eigenvalue weighted by Crippen LogP contribution is -2.16. The van der Waals surface area contributed by atoms with Crippen molar-refractivity contribution in [2.75, 3.05) is 0 Å². The Balaban J connectivity index is -0.0000000192. The lowest BCUT2D eigenvalue weighted by Gasteiger charge is -1.77. The molecule has 0 heterocycles. The molecule has 0 aromatic carbocycles. The Bertz CT molecular complexity index is 159. The molecule has 0 amide bonds. The molecular weight excluding hydrogens is 272 g/mol. The van der Waals surface area contributed by atoms with Gasteiger partial charge in [0.05, 0.1) is 0 Å². The zero-order chi connectivity index (χ0) is 14.3. The Morgan fingerprint density at radius 1 is 0.474 bits per heavy atom. The second-order valence-corrected chi connectivity index (χ2v) is 1.97. The van der Waals surface area contributed by atoms with Crippen molar-refractivity contribution in [1.82, 2.24) is 0 Å². The highest BCUT2D eigenvalue weighted by molar-refractivity contribution is 5.61. The van der Waals surface area contributed by atoms with Crippen LogP contribution in [0.15, 0.2) is 0 Å². The van der Waals surface area contributed by atoms with Crippen LogP contribution in [0.4, 0.5) is 0 Å². The lowest BCUT2D eigenvalue weighted by atomic mass is 10.9. The number of carboxylic acids is 4. The molecule has 0 rings (SSSR count). The van der Waals surface area contributed by atoms with Gasteiger partial charge in [0, 0.05) is 23.9 Å². The van der Waals surface area contributed by atoms with Crippen LogP contribution in [0.1, 0.15) is 27.7 Å². The maximum absolute atomic E-state index is 8.89. The van der Waals surface area contributed by atoms with Gasteiger partial charge in [0.1, 0.15) is 0 Å². The summed E-state index contributed by atoms with van der Waals surface area (Å²) in [6, 6.07) is 0. The monoisotopic (exact) mass is 290 g/mol. The van der Waals surface area contributed by atoms with Crippen molar-refractivity contribution in [2.24, 2.45) is 0 Å². The molecule has 0 aliphatic rings. The van der Waals surface area contributed by atoms with Crippen LogP contribution in [0.5, 0.6) is 0 Å². The minimum absolute atomic E-state index is 0. The van der Waals surface area contributed by atoms with Crippen LogP contribution in [0, 0.1) is 0 Å². The molecule has 0 aliphatic carbocycles. The van der Waals surface area contributed by atoms with Crippen LogP contribution in [0.2, 0.25) is 0 Å². The number of carbonyl (C=O) groups excluding carboxylic acids is 4. The standard InChI is InChI=1S/4C2H4O2.3H2O/c4*1-2(3)4;;;/h4*1H3,(H,3,4);3*1H2/p-4. The lowest BCUT2D eigenvalue weighted by molar-refractivity contribution is -0.303. The molecule has 0 spiro atoms. The van der Waals surface area contributed by atoms with E-state index in [2.05, 4.69) is 0 Å². The van der Waals surface area contributed by atoms with E-state index in [1.54, 1.807) is 0 Å². The third-order valence-electron chi connectivity index (χ3n) is 0. The zero-order valence-electron chi connectivity index (χ0n) is 10.8. The number of aliphatic carboxylic acids is 4. The van der Waals surface area contributed by atoms with E-state index in [9.17, 15) is 0 Å². The van der Waals surface area contributed by atoms with E-state index >= 15 is 0 Å². The molecule has 0 atom stereocenters. The Morgan fingerprint density at radius 3 is 0.474 bits per heavy atom. The van der Waals surface area contributed by atoms with Gasteiger partial charge in [-0.3, -0.25) is 0 Å². The maximum atomic E-state index is 8.89. The molecule has 0 saturated heterocycles. The molecule has 120 valence electrons. The molecule has 0 aliphatic heterocycles. The second kappa shape index (κ2) is 36.0. The molecule has 11 nitrogen and oxygen atoms in total. The SMILES string of the molecule is CC(=O)[O-].CC(=O)[O-].CC(=O)[O-].CC(=O)[O-].O.O.O. The van der Waals surface area contributed by atoms with Crippen molar-refractivity contribution in [3.63, 3.8) is 0 Å². The molecule has 0 saturated carbocycles. The van der Waals surface area contributed by atoms with Gasteiger partial charge < -0.3 is 56.0 Å². The highest BCUT2D eigenvalue weighted by Gasteiger charge is 1.47. The summed E-state index contributed by atoms with van der Waals surface area (Å²) in [6.07, 6.45) is 0. The fourth-order valence-corrected chi connectivity index (χ4v) is 0. The molecule has 0 fully saturated rings. The molecule has 11 heteroatoms. The zero-order valence-corrected chi connectivity index (χ0v) is 10.8. The summed E-state index contributed by atoms with van der Waals surface area (Å²) in [4.78, 5) is 35.6. The quantitative estimate of drug-likeness (QED) is 0.412. The highest BCUT2D eigenvalue weighted by Crippen LogP contribution is 1.32. The fourth-order valence-electron chi connectivity index (χ4n) is 0. The van der Waals surface area contributed by atoms with Crippen LogP contribution in [0.25, 0.3) is 0 Å². The maximum Gasteiger partial charge on any atom is 0.0383 e. The van der Waals surface area contributed by atoms with Crippen LogP contribution in [0.3, 0.4) is 0 Å². The largest absolute Gasteiger partial charge is 0.550 e. The van der Waals surface area contributed by atoms with E-state index in [-0.39, 0.29) is 16.4 Å². The molecule has 19 heavy (non-hydrogen) atoms. The van der Waals surface area contributed by atoms with Crippen molar-refractivity contribution < 1.29 is 56.0 Å². The number of rotatable bonds is 0. The summed E-state index contributed by atoms with van der Waals surface area (Å²) in [5.41, 5.74) is 0. The normalized spacial score (nSPS) is 5.26. The summed E-state index contributed by atoms with van der Waals surface area (Å²) in [6.45, 7) is 3.89. The van der Waals surface area contributed by atoms with Crippen molar-refractivity contribution in [2.45, 2.75) is 27.7 Å². The van der Waals surface area contributed by atoms with E-state index in [0.717, 1.165) is 27.7 Å². The van der Waals surface area contributed by atoms with Gasteiger partial charge in [-0.15, -0.1) is 0 Å². The Kier molecular flexibility index (Phi) is 82.9. The van der Waals surface area contributed by atoms with E-state index in [1.165, 1.54) is 0 Å². The predicted octanol–water partition coefficient (Wildman–Crippen LogP) is -7.45. The first kappa shape index (κ1) is 43.7. The minimum Gasteiger partial charge on any atom is -0.550 e. The first-order valence-corrected chi connectivity index (χ1v) is 3.63. The molecular formula is C8H18O11-4. The number of carboxylic acid groups (broad SMARTS) is 4. The van der Waals surface area contributed by atoms with E-state index < -0.39 is 23.9 Å². The molecule has 0 aromatic rings. The van der Waals surface area contributed by atoms with Gasteiger partial charge in [-0.1, -0.05) is 0 Å². The van der Waals surface area contributed by atoms with Crippen LogP contribution in [-0.4, -0.2) is 40.3 Å². The van der Waals surface area contributed by atoms with Gasteiger partial charge >= 0.3 is 0 Å². The highest BCUT2D eigenvalue weighted by atomic mass is 16.4. The van der Waals surface area contributed by atoms with Crippen LogP contribution >= 0.6 is 0 Å². The van der Waals surface area contributed by atoms with E-state index in [0.29, 0.717) is 0 Å². The van der Waals surface area contributed by atoms with Gasteiger partial charge in [0.2, 0.25) is 0 Å². The third-order valence-corrected chi connectivity index (χ3v) is 0. The topological polar surface area (TPSA) is 255 Å². The Labute approximate surface area is 109 Å². The molecule has 0 unspecified atom stereocenters. The van der Waals surface area contributed by atoms with Crippen molar-refractivity contribution in [3.8, 4) is 0 Å². The number of carbonyl (C=O) groups is 4. The molecule has 0 radical (unpaired) electrons. The van der Waals surface area contributed by atoms with Crippen molar-refractivity contribution in [1.29, 1.82) is 0 Å². The predicted molar refractivity (Wildman–Crippen MR) is 53.6 cm³/mol. The second-order valence-electron chi connectivity index (χ2n) is 1.97. The van der Waals surface area contributed by atoms with Gasteiger partial charge in [0.25, 0.3) is 0 Å². The van der Waals surface area contributed by atoms with E-state index in [1.807, 2.05) is 0 Å². The molecule has 0 aromatic heterocycles. The van der Waals surface area contributed by atoms with Gasteiger partial charge in [-0.05, 0) is 27.7 Å². The number of hydrogen-bond acceptors (Lipinski definition) is 8.